The smallest absolute Gasteiger partial charge is 0.124 e. The first kappa shape index (κ1) is 96.4. The summed E-state index contributed by atoms with van der Waals surface area (Å²) >= 11 is 12.4. The van der Waals surface area contributed by atoms with Crippen molar-refractivity contribution in [3.05, 3.63) is 225 Å². The molecule has 0 unspecified atom stereocenters. The van der Waals surface area contributed by atoms with Crippen LogP contribution in [0.1, 0.15) is 44.9 Å². The van der Waals surface area contributed by atoms with Crippen molar-refractivity contribution in [2.75, 3.05) is 180 Å². The lowest BCUT2D eigenvalue weighted by Gasteiger charge is -2.34. The van der Waals surface area contributed by atoms with Crippen LogP contribution in [0.25, 0.3) is 89.2 Å². The Morgan fingerprint density at radius 2 is 0.643 bits per heavy atom. The topological polar surface area (TPSA) is 294 Å². The summed E-state index contributed by atoms with van der Waals surface area (Å²) in [4.78, 5) is 54.7. The molecule has 0 bridgehead atoms. The van der Waals surface area contributed by atoms with E-state index in [2.05, 4.69) is 149 Å². The molecule has 0 spiro atoms. The van der Waals surface area contributed by atoms with E-state index in [4.69, 9.17) is 91.4 Å². The van der Waals surface area contributed by atoms with Crippen LogP contribution in [0, 0.1) is 17.8 Å². The number of anilines is 8. The van der Waals surface area contributed by atoms with Crippen molar-refractivity contribution in [2.24, 2.45) is 31.8 Å². The van der Waals surface area contributed by atoms with Gasteiger partial charge in [-0.05, 0) is 148 Å². The fraction of sp³-hybridized carbons (Fsp3) is 0.358. The highest BCUT2D eigenvalue weighted by atomic mass is 35.5. The van der Waals surface area contributed by atoms with Crippen molar-refractivity contribution < 1.29 is 38.3 Å². The molecule has 726 valence electrons. The Kier molecular flexibility index (Phi) is 31.3. The summed E-state index contributed by atoms with van der Waals surface area (Å²) in [5.74, 6) is 7.91. The van der Waals surface area contributed by atoms with Gasteiger partial charge in [-0.25, -0.2) is 19.9 Å². The Bertz CT molecular complexity index is 6830. The number of hydrogen-bond acceptors (Lipinski definition) is 28. The summed E-state index contributed by atoms with van der Waals surface area (Å²) < 4.78 is 46.1. The summed E-state index contributed by atoms with van der Waals surface area (Å²) in [6.07, 6.45) is 30.9. The summed E-state index contributed by atoms with van der Waals surface area (Å²) in [7, 11) is 15.5. The summed E-state index contributed by atoms with van der Waals surface area (Å²) in [6, 6.07) is 48.6. The van der Waals surface area contributed by atoms with Crippen LogP contribution in [0.2, 0.25) is 5.02 Å². The molecule has 2 aliphatic heterocycles. The number of rotatable bonds is 36. The van der Waals surface area contributed by atoms with E-state index in [-0.39, 0.29) is 6.61 Å². The van der Waals surface area contributed by atoms with Crippen LogP contribution in [0.3, 0.4) is 0 Å². The number of aliphatic hydroxyl groups excluding tert-OH is 1. The average Bonchev–Trinajstić information content (AvgIpc) is 0.954. The molecule has 5 aliphatic rings. The predicted molar refractivity (Wildman–Crippen MR) is 552 cm³/mol. The van der Waals surface area contributed by atoms with Crippen molar-refractivity contribution >= 4 is 113 Å². The van der Waals surface area contributed by atoms with Gasteiger partial charge in [0.05, 0.1) is 186 Å². The predicted octanol–water partition coefficient (Wildman–Crippen LogP) is 17.7. The Balaban J connectivity index is 0.000000125. The maximum atomic E-state index is 9.16. The van der Waals surface area contributed by atoms with E-state index in [1.165, 1.54) is 38.5 Å². The van der Waals surface area contributed by atoms with Gasteiger partial charge in [0.25, 0.3) is 0 Å². The van der Waals surface area contributed by atoms with Crippen molar-refractivity contribution in [3.63, 3.8) is 0 Å². The third-order valence-electron chi connectivity index (χ3n) is 25.9. The van der Waals surface area contributed by atoms with E-state index < -0.39 is 0 Å². The standard InChI is InChI=1S/C31H39N7O3.C29H35N7O2.C23H24ClN5O2.C23H22ClN5O/c1-40-27-15-26(16-28(18-27)41-2)38(21-23-3-4-23)25-5-6-29-30(17-25)34-31(20-32-29)24-19-33-37(22-24)12-11-35-7-9-36(10-8-35)13-14-39;1-37-25-13-24(14-26(16-25)38-2)36(19-21-3-4-21)23-5-6-27-28(15-23)33-29(18-31-27)22-17-32-35(20-22)12-11-34-9-7-30-8-10-34;1-28-15-16(13-26-28)23-14-25-21-6-5-17(11-22(21)27-23)29(8-4-7-24)18-9-19(30-2)12-20(10-18)31-3;1-28-14-16(11-26-28)23-12-25-21-6-5-18(10-22(21)27-23)29(13-15-3-4-15)19-7-17(24)8-20(9-19)30-2/h5-6,15-20,22-23,39H,3-4,7-14,21H2,1-2H3;5-6,13-18,20-21,30H,3-4,7-12,19H2,1-2H3;5-6,9-15H,4,7-8H2,1-3H3;5-12,14-15H,3-4,13H2,1-2H3. The highest BCUT2D eigenvalue weighted by Gasteiger charge is 2.31. The molecular weight excluding hydrogens is 1810 g/mol. The molecule has 3 saturated carbocycles. The largest absolute Gasteiger partial charge is 0.497 e. The van der Waals surface area contributed by atoms with Gasteiger partial charge in [0, 0.05) is 276 Å². The molecule has 0 amide bonds. The average molecular weight is 1930 g/mol. The van der Waals surface area contributed by atoms with Crippen molar-refractivity contribution in [1.29, 1.82) is 0 Å². The quantitative estimate of drug-likeness (QED) is 0.0345. The number of fused-ring (bicyclic) bond motifs is 4. The number of benzene rings is 8. The number of methoxy groups -OCH3 is 7. The third-order valence-corrected chi connectivity index (χ3v) is 26.4. The monoisotopic (exact) mass is 1930 g/mol. The summed E-state index contributed by atoms with van der Waals surface area (Å²) in [5.41, 5.74) is 22.1. The van der Waals surface area contributed by atoms with Crippen LogP contribution in [-0.2, 0) is 27.2 Å². The van der Waals surface area contributed by atoms with Gasteiger partial charge >= 0.3 is 0 Å². The summed E-state index contributed by atoms with van der Waals surface area (Å²) in [6.45, 7) is 16.5. The minimum atomic E-state index is 0.227. The van der Waals surface area contributed by atoms with Gasteiger partial charge in [0.1, 0.15) is 40.2 Å². The number of alkyl halides is 1. The molecule has 34 heteroatoms. The molecule has 2 saturated heterocycles. The lowest BCUT2D eigenvalue weighted by atomic mass is 10.1. The molecule has 0 radical (unpaired) electrons. The third kappa shape index (κ3) is 24.7. The second-order valence-corrected chi connectivity index (χ2v) is 36.7. The van der Waals surface area contributed by atoms with Gasteiger partial charge in [-0.3, -0.25) is 53.4 Å². The Morgan fingerprint density at radius 3 is 0.964 bits per heavy atom. The van der Waals surface area contributed by atoms with Gasteiger partial charge in [0.2, 0.25) is 0 Å². The van der Waals surface area contributed by atoms with Crippen LogP contribution in [-0.4, -0.2) is 259 Å². The number of nitrogens with one attached hydrogen (secondary N) is 1. The van der Waals surface area contributed by atoms with Crippen molar-refractivity contribution in [3.8, 4) is 85.3 Å². The molecular formula is C106H120Cl2N24O8. The van der Waals surface area contributed by atoms with Crippen LogP contribution < -0.4 is 58.1 Å². The van der Waals surface area contributed by atoms with Crippen LogP contribution >= 0.6 is 23.2 Å². The van der Waals surface area contributed by atoms with Gasteiger partial charge in [-0.1, -0.05) is 11.6 Å². The van der Waals surface area contributed by atoms with Crippen LogP contribution in [0.5, 0.6) is 40.2 Å². The normalized spacial score (nSPS) is 14.5. The zero-order valence-electron chi connectivity index (χ0n) is 80.7. The minimum absolute atomic E-state index is 0.227. The number of piperazine rings is 2. The van der Waals surface area contributed by atoms with Crippen molar-refractivity contribution in [1.82, 2.24) is 99.0 Å². The highest BCUT2D eigenvalue weighted by molar-refractivity contribution is 6.31. The van der Waals surface area contributed by atoms with Gasteiger partial charge < -0.3 is 63.2 Å². The number of ether oxygens (including phenoxy) is 7. The lowest BCUT2D eigenvalue weighted by Crippen LogP contribution is -2.47. The first-order valence-corrected chi connectivity index (χ1v) is 48.7. The SMILES string of the molecule is COc1cc(Cl)cc(N(CC2CC2)c2ccc3ncc(-c4cnn(C)c4)nc3c2)c1.COc1cc(OC)cc(N(CC2CC2)c2ccc3ncc(-c4cnn(CCN5CCN(CCO)CC5)c4)nc3c2)c1.COc1cc(OC)cc(N(CC2CC2)c2ccc3ncc(-c4cnn(CCN5CCNCC5)c4)nc3c2)c1.COc1cc(OC)cc(N(CCCCl)c2ccc3ncc(-c4cnn(C)c4)nc3c2)c1. The Labute approximate surface area is 825 Å². The number of halogens is 2. The number of aliphatic hydroxyl groups is 1. The van der Waals surface area contributed by atoms with Crippen LogP contribution in [0.4, 0.5) is 45.5 Å². The molecule has 21 rings (SSSR count). The molecule has 0 atom stereocenters. The maximum Gasteiger partial charge on any atom is 0.124 e. The van der Waals surface area contributed by atoms with E-state index in [0.29, 0.717) is 28.7 Å². The number of aromatic nitrogens is 16. The summed E-state index contributed by atoms with van der Waals surface area (Å²) in [5, 5.41) is 30.9. The zero-order valence-corrected chi connectivity index (χ0v) is 82.3. The van der Waals surface area contributed by atoms with E-state index in [9.17, 15) is 0 Å². The van der Waals surface area contributed by atoms with Crippen molar-refractivity contribution in [2.45, 2.75) is 58.0 Å². The van der Waals surface area contributed by atoms with E-state index in [1.54, 1.807) is 83.9 Å². The van der Waals surface area contributed by atoms with Gasteiger partial charge in [-0.15, -0.1) is 11.6 Å². The molecule has 140 heavy (non-hydrogen) atoms. The Hall–Kier alpha value is -13.9. The molecule has 10 heterocycles. The lowest BCUT2D eigenvalue weighted by molar-refractivity contribution is 0.109. The number of β-amino-alcohol motifs (C(OH)–C–C–N with tert-alkyl or cyclic N) is 1. The second-order valence-electron chi connectivity index (χ2n) is 35.9. The van der Waals surface area contributed by atoms with E-state index in [1.807, 2.05) is 140 Å². The number of hydrogen-bond donors (Lipinski definition) is 2. The molecule has 32 nitrogen and oxygen atoms in total. The molecule has 16 aromatic rings. The van der Waals surface area contributed by atoms with Gasteiger partial charge in [0.15, 0.2) is 0 Å². The van der Waals surface area contributed by atoms with E-state index in [0.717, 1.165) is 293 Å². The van der Waals surface area contributed by atoms with Gasteiger partial charge in [-0.2, -0.15) is 20.4 Å². The zero-order chi connectivity index (χ0) is 96.5. The Morgan fingerprint density at radius 1 is 0.336 bits per heavy atom. The number of nitrogens with zero attached hydrogens (tertiary/aromatic N) is 23. The highest BCUT2D eigenvalue weighted by Crippen LogP contribution is 2.44. The minimum Gasteiger partial charge on any atom is -0.497 e. The maximum absolute atomic E-state index is 9.16. The molecule has 2 N–H and O–H groups in total. The van der Waals surface area contributed by atoms with E-state index >= 15 is 0 Å². The fourth-order valence-corrected chi connectivity index (χ4v) is 17.8. The molecule has 3 aliphatic carbocycles. The molecule has 8 aromatic heterocycles. The first-order valence-electron chi connectivity index (χ1n) is 47.8. The van der Waals surface area contributed by atoms with Crippen LogP contribution in [0.15, 0.2) is 220 Å². The molecule has 5 fully saturated rings. The number of aryl methyl sites for hydroxylation is 2. The second kappa shape index (κ2) is 45.4. The fourth-order valence-electron chi connectivity index (χ4n) is 17.4. The molecule has 8 aromatic carbocycles. The first-order chi connectivity index (χ1) is 68.5.